The monoisotopic (exact) mass is 684 g/mol. The first-order valence-corrected chi connectivity index (χ1v) is 21.5. The zero-order valence-corrected chi connectivity index (χ0v) is 31.8. The molecule has 9 rings (SSSR count). The van der Waals surface area contributed by atoms with Crippen LogP contribution in [0.4, 0.5) is 0 Å². The van der Waals surface area contributed by atoms with Gasteiger partial charge >= 0.3 is 0 Å². The first-order valence-electron chi connectivity index (χ1n) is 21.5. The van der Waals surface area contributed by atoms with Crippen LogP contribution < -0.4 is 0 Å². The number of benzene rings is 1. The van der Waals surface area contributed by atoms with Gasteiger partial charge in [-0.1, -0.05) is 69.7 Å². The van der Waals surface area contributed by atoms with Crippen molar-refractivity contribution in [3.63, 3.8) is 0 Å². The van der Waals surface area contributed by atoms with Crippen LogP contribution in [-0.4, -0.2) is 57.2 Å². The quantitative estimate of drug-likeness (QED) is 0.262. The molecule has 0 amide bonds. The lowest BCUT2D eigenvalue weighted by Crippen LogP contribution is -2.67. The maximum atomic E-state index is 12.3. The normalized spacial score (nSPS) is 51.5. The summed E-state index contributed by atoms with van der Waals surface area (Å²) in [6.07, 6.45) is 20.8. The van der Waals surface area contributed by atoms with Crippen LogP contribution in [0.2, 0.25) is 0 Å². The summed E-state index contributed by atoms with van der Waals surface area (Å²) in [6.45, 7) is 11.7. The Bertz CT molecular complexity index is 1410. The molecule has 276 valence electrons. The van der Waals surface area contributed by atoms with Crippen LogP contribution in [0.5, 0.6) is 0 Å². The minimum atomic E-state index is -0.607. The molecule has 4 nitrogen and oxygen atoms in total. The molecule has 50 heavy (non-hydrogen) atoms. The average Bonchev–Trinajstić information content (AvgIpc) is 3.64. The van der Waals surface area contributed by atoms with E-state index in [4.69, 9.17) is 0 Å². The molecule has 17 atom stereocenters. The molecule has 1 aromatic carbocycles. The highest BCUT2D eigenvalue weighted by molar-refractivity contribution is 5.26. The first kappa shape index (κ1) is 34.6. The standard InChI is InChI=1S/C46H69NO3/c1-28(2)12-14-32(31-9-6-5-7-10-31)21-30-18-20-45(24-30)27-46-19-8-11-34-42-33(35(43(34)46)22-39(48)38(46)23-41(45)49)15-16-37-36(42)26-47-25-29(3)13-17-40(47)44(37,4)50/h5-11,28-30,32-43,48-50H,12-27H2,1-4H3. The molecule has 1 aromatic rings. The second-order valence-corrected chi connectivity index (χ2v) is 20.7. The van der Waals surface area contributed by atoms with Crippen molar-refractivity contribution in [1.82, 2.24) is 4.90 Å². The Morgan fingerprint density at radius 2 is 1.72 bits per heavy atom. The molecule has 2 spiro atoms. The van der Waals surface area contributed by atoms with Gasteiger partial charge in [-0.2, -0.15) is 0 Å². The molecule has 2 heterocycles. The highest BCUT2D eigenvalue weighted by atomic mass is 16.3. The largest absolute Gasteiger partial charge is 0.393 e. The number of nitrogens with zero attached hydrogens (tertiary/aromatic N) is 1. The Hall–Kier alpha value is -1.20. The van der Waals surface area contributed by atoms with Crippen molar-refractivity contribution < 1.29 is 15.3 Å². The van der Waals surface area contributed by atoms with Gasteiger partial charge in [0.05, 0.1) is 17.8 Å². The van der Waals surface area contributed by atoms with E-state index in [2.05, 4.69) is 75.1 Å². The number of aliphatic hydroxyl groups is 3. The maximum absolute atomic E-state index is 12.3. The van der Waals surface area contributed by atoms with Crippen LogP contribution in [0.15, 0.2) is 42.5 Å². The Balaban J connectivity index is 1.00. The van der Waals surface area contributed by atoms with Gasteiger partial charge in [0.2, 0.25) is 0 Å². The van der Waals surface area contributed by atoms with Crippen LogP contribution in [0.1, 0.15) is 129 Å². The Morgan fingerprint density at radius 3 is 2.52 bits per heavy atom. The van der Waals surface area contributed by atoms with Crippen molar-refractivity contribution in [1.29, 1.82) is 0 Å². The molecule has 0 aromatic heterocycles. The highest BCUT2D eigenvalue weighted by Gasteiger charge is 2.71. The summed E-state index contributed by atoms with van der Waals surface area (Å²) in [6, 6.07) is 11.6. The van der Waals surface area contributed by atoms with Gasteiger partial charge in [0.1, 0.15) is 0 Å². The summed E-state index contributed by atoms with van der Waals surface area (Å²) in [5, 5.41) is 36.6. The molecule has 6 aliphatic carbocycles. The summed E-state index contributed by atoms with van der Waals surface area (Å²) in [7, 11) is 0. The number of hydrogen-bond donors (Lipinski definition) is 3. The average molecular weight is 684 g/mol. The third kappa shape index (κ3) is 5.32. The van der Waals surface area contributed by atoms with E-state index >= 15 is 0 Å². The molecule has 8 aliphatic rings. The van der Waals surface area contributed by atoms with E-state index in [9.17, 15) is 15.3 Å². The Labute approximate surface area is 303 Å². The molecule has 2 aliphatic heterocycles. The summed E-state index contributed by atoms with van der Waals surface area (Å²) in [4.78, 5) is 2.73. The van der Waals surface area contributed by atoms with Crippen molar-refractivity contribution in [3.8, 4) is 0 Å². The van der Waals surface area contributed by atoms with Crippen LogP contribution in [0, 0.1) is 75.9 Å². The summed E-state index contributed by atoms with van der Waals surface area (Å²) >= 11 is 0. The van der Waals surface area contributed by atoms with Crippen molar-refractivity contribution in [2.75, 3.05) is 13.1 Å². The van der Waals surface area contributed by atoms with Gasteiger partial charge in [-0.25, -0.2) is 0 Å². The lowest BCUT2D eigenvalue weighted by Gasteiger charge is -2.63. The smallest absolute Gasteiger partial charge is 0.0805 e. The van der Waals surface area contributed by atoms with Gasteiger partial charge in [0.15, 0.2) is 0 Å². The molecule has 2 saturated heterocycles. The van der Waals surface area contributed by atoms with E-state index < -0.39 is 5.60 Å². The van der Waals surface area contributed by atoms with Crippen molar-refractivity contribution in [3.05, 3.63) is 48.0 Å². The van der Waals surface area contributed by atoms with Crippen LogP contribution in [0.3, 0.4) is 0 Å². The molecule has 0 radical (unpaired) electrons. The van der Waals surface area contributed by atoms with E-state index in [1.165, 1.54) is 57.1 Å². The van der Waals surface area contributed by atoms with E-state index in [1.54, 1.807) is 0 Å². The van der Waals surface area contributed by atoms with E-state index in [1.807, 2.05) is 0 Å². The third-order valence-corrected chi connectivity index (χ3v) is 17.8. The number of aliphatic hydroxyl groups excluding tert-OH is 2. The number of hydrogen-bond acceptors (Lipinski definition) is 4. The zero-order valence-electron chi connectivity index (χ0n) is 31.8. The Morgan fingerprint density at radius 1 is 0.900 bits per heavy atom. The van der Waals surface area contributed by atoms with Crippen LogP contribution in [-0.2, 0) is 0 Å². The van der Waals surface area contributed by atoms with E-state index in [-0.39, 0.29) is 29.0 Å². The molecule has 7 fully saturated rings. The second-order valence-electron chi connectivity index (χ2n) is 20.7. The maximum Gasteiger partial charge on any atom is 0.0805 e. The molecule has 0 bridgehead atoms. The number of allylic oxidation sites excluding steroid dienone is 2. The van der Waals surface area contributed by atoms with Gasteiger partial charge in [0.25, 0.3) is 0 Å². The molecular weight excluding hydrogens is 615 g/mol. The zero-order chi connectivity index (χ0) is 34.6. The van der Waals surface area contributed by atoms with E-state index in [0.29, 0.717) is 59.3 Å². The minimum Gasteiger partial charge on any atom is -0.393 e. The Kier molecular flexibility index (Phi) is 8.78. The lowest BCUT2D eigenvalue weighted by molar-refractivity contribution is -0.189. The second kappa shape index (κ2) is 12.7. The fourth-order valence-corrected chi connectivity index (χ4v) is 16.0. The topological polar surface area (TPSA) is 63.9 Å². The number of rotatable bonds is 6. The lowest BCUT2D eigenvalue weighted by atomic mass is 9.42. The predicted octanol–water partition coefficient (Wildman–Crippen LogP) is 8.85. The van der Waals surface area contributed by atoms with Gasteiger partial charge in [0, 0.05) is 19.1 Å². The van der Waals surface area contributed by atoms with Crippen LogP contribution >= 0.6 is 0 Å². The fourth-order valence-electron chi connectivity index (χ4n) is 16.0. The van der Waals surface area contributed by atoms with Crippen molar-refractivity contribution in [2.24, 2.45) is 75.9 Å². The molecule has 17 unspecified atom stereocenters. The van der Waals surface area contributed by atoms with E-state index in [0.717, 1.165) is 63.3 Å². The van der Waals surface area contributed by atoms with Gasteiger partial charge < -0.3 is 15.3 Å². The van der Waals surface area contributed by atoms with Crippen LogP contribution in [0.25, 0.3) is 0 Å². The summed E-state index contributed by atoms with van der Waals surface area (Å²) in [5.41, 5.74) is 1.01. The minimum absolute atomic E-state index is 0.000237. The molecule has 4 heteroatoms. The summed E-state index contributed by atoms with van der Waals surface area (Å²) < 4.78 is 0. The van der Waals surface area contributed by atoms with Crippen molar-refractivity contribution in [2.45, 2.75) is 147 Å². The number of fused-ring (bicyclic) bond motifs is 6. The third-order valence-electron chi connectivity index (χ3n) is 17.8. The van der Waals surface area contributed by atoms with Gasteiger partial charge in [-0.15, -0.1) is 0 Å². The summed E-state index contributed by atoms with van der Waals surface area (Å²) in [5.74, 6) is 6.97. The van der Waals surface area contributed by atoms with Gasteiger partial charge in [-0.3, -0.25) is 4.90 Å². The predicted molar refractivity (Wildman–Crippen MR) is 201 cm³/mol. The van der Waals surface area contributed by atoms with Crippen molar-refractivity contribution >= 4 is 0 Å². The molecule has 3 N–H and O–H groups in total. The highest BCUT2D eigenvalue weighted by Crippen LogP contribution is 2.74. The fraction of sp³-hybridized carbons (Fsp3) is 0.826. The first-order chi connectivity index (χ1) is 24.0. The number of piperidine rings is 2. The molecular formula is C46H69NO3. The SMILES string of the molecule is CC(C)CCC(CC1CCC2(C1)CC13CC=CC4C5C(CCC6C5CN5CC(C)CCC5C6(C)O)C(CC(O)C1CC2O)C43)c1ccccc1. The van der Waals surface area contributed by atoms with Gasteiger partial charge in [-0.05, 0) is 178 Å². The molecule has 5 saturated carbocycles.